The van der Waals surface area contributed by atoms with Crippen LogP contribution in [0.3, 0.4) is 0 Å². The molecule has 0 spiro atoms. The highest BCUT2D eigenvalue weighted by Gasteiger charge is 2.17. The molecule has 1 aromatic rings. The molecule has 20 heavy (non-hydrogen) atoms. The first-order valence-corrected chi connectivity index (χ1v) is 7.39. The molecule has 0 bridgehead atoms. The summed E-state index contributed by atoms with van der Waals surface area (Å²) >= 11 is 0. The number of nitrogens with zero attached hydrogens (tertiary/aromatic N) is 3. The number of hydrogen-bond donors (Lipinski definition) is 2. The lowest BCUT2D eigenvalue weighted by Gasteiger charge is -2.23. The van der Waals surface area contributed by atoms with Crippen molar-refractivity contribution in [3.63, 3.8) is 0 Å². The van der Waals surface area contributed by atoms with Crippen molar-refractivity contribution in [2.24, 2.45) is 5.73 Å². The van der Waals surface area contributed by atoms with Crippen LogP contribution in [0.1, 0.15) is 32.0 Å². The Morgan fingerprint density at radius 1 is 1.35 bits per heavy atom. The maximum atomic E-state index is 11.8. The Bertz CT molecular complexity index is 485. The Balaban J connectivity index is 2.13. The number of nitrogens with one attached hydrogen (secondary N) is 1. The molecule has 1 aromatic heterocycles. The summed E-state index contributed by atoms with van der Waals surface area (Å²) in [6.45, 7) is 9.58. The Morgan fingerprint density at radius 2 is 2.15 bits per heavy atom. The van der Waals surface area contributed by atoms with E-state index in [1.54, 1.807) is 6.07 Å². The zero-order valence-electron chi connectivity index (χ0n) is 12.4. The minimum atomic E-state index is -0.0678. The third-order valence-corrected chi connectivity index (χ3v) is 3.65. The van der Waals surface area contributed by atoms with Crippen LogP contribution < -0.4 is 16.2 Å². The van der Waals surface area contributed by atoms with Crippen LogP contribution in [0.5, 0.6) is 0 Å². The van der Waals surface area contributed by atoms with Gasteiger partial charge in [0, 0.05) is 44.7 Å². The molecule has 0 aromatic carbocycles. The summed E-state index contributed by atoms with van der Waals surface area (Å²) in [6.07, 6.45) is 1.07. The van der Waals surface area contributed by atoms with E-state index < -0.39 is 0 Å². The summed E-state index contributed by atoms with van der Waals surface area (Å²) in [4.78, 5) is 23.7. The van der Waals surface area contributed by atoms with Crippen LogP contribution in [0, 0.1) is 0 Å². The highest BCUT2D eigenvalue weighted by Crippen LogP contribution is 2.15. The van der Waals surface area contributed by atoms with E-state index in [0.29, 0.717) is 6.54 Å². The Kier molecular flexibility index (Phi) is 5.14. The minimum absolute atomic E-state index is 0.0678. The molecule has 6 nitrogen and oxygen atoms in total. The smallest absolute Gasteiger partial charge is 0.252 e. The van der Waals surface area contributed by atoms with Crippen molar-refractivity contribution in [3.05, 3.63) is 22.2 Å². The number of aromatic amines is 1. The van der Waals surface area contributed by atoms with Gasteiger partial charge in [0.2, 0.25) is 0 Å². The summed E-state index contributed by atoms with van der Waals surface area (Å²) < 4.78 is 0. The molecule has 3 N–H and O–H groups in total. The van der Waals surface area contributed by atoms with E-state index >= 15 is 0 Å². The lowest BCUT2D eigenvalue weighted by atomic mass is 10.2. The first kappa shape index (κ1) is 15.0. The quantitative estimate of drug-likeness (QED) is 0.832. The molecular formula is C14H25N5O. The highest BCUT2D eigenvalue weighted by atomic mass is 16.1. The normalized spacial score (nSPS) is 17.5. The highest BCUT2D eigenvalue weighted by molar-refractivity contribution is 5.38. The first-order valence-electron chi connectivity index (χ1n) is 7.39. The number of aromatic nitrogens is 2. The van der Waals surface area contributed by atoms with E-state index in [4.69, 9.17) is 5.73 Å². The zero-order chi connectivity index (χ0) is 14.5. The third-order valence-electron chi connectivity index (χ3n) is 3.65. The second-order valence-electron chi connectivity index (χ2n) is 5.61. The fourth-order valence-electron chi connectivity index (χ4n) is 2.50. The molecule has 0 unspecified atom stereocenters. The van der Waals surface area contributed by atoms with Crippen LogP contribution in [-0.4, -0.2) is 54.1 Å². The van der Waals surface area contributed by atoms with Gasteiger partial charge in [-0.05, 0) is 13.0 Å². The summed E-state index contributed by atoms with van der Waals surface area (Å²) in [7, 11) is 0. The molecule has 0 saturated carbocycles. The van der Waals surface area contributed by atoms with Crippen molar-refractivity contribution in [1.29, 1.82) is 0 Å². The van der Waals surface area contributed by atoms with Gasteiger partial charge in [0.05, 0.1) is 0 Å². The summed E-state index contributed by atoms with van der Waals surface area (Å²) in [6, 6.07) is 1.60. The molecule has 0 atom stereocenters. The largest absolute Gasteiger partial charge is 0.355 e. The molecule has 2 rings (SSSR count). The number of nitrogens with two attached hydrogens (primary N) is 1. The summed E-state index contributed by atoms with van der Waals surface area (Å²) in [5.41, 5.74) is 5.55. The van der Waals surface area contributed by atoms with E-state index in [1.165, 1.54) is 0 Å². The van der Waals surface area contributed by atoms with Crippen LogP contribution in [0.25, 0.3) is 0 Å². The van der Waals surface area contributed by atoms with Crippen LogP contribution >= 0.6 is 0 Å². The molecule has 1 aliphatic rings. The van der Waals surface area contributed by atoms with E-state index in [0.717, 1.165) is 50.8 Å². The SMILES string of the molecule is CC(C)c1nc(N2CCCN(CCN)CC2)cc(=O)[nH]1. The fourth-order valence-corrected chi connectivity index (χ4v) is 2.50. The van der Waals surface area contributed by atoms with Gasteiger partial charge in [-0.15, -0.1) is 0 Å². The average Bonchev–Trinajstić information content (AvgIpc) is 2.64. The maximum Gasteiger partial charge on any atom is 0.252 e. The molecule has 2 heterocycles. The predicted octanol–water partition coefficient (Wildman–Crippen LogP) is 0.364. The van der Waals surface area contributed by atoms with Crippen molar-refractivity contribution < 1.29 is 0 Å². The van der Waals surface area contributed by atoms with Crippen molar-refractivity contribution in [2.75, 3.05) is 44.2 Å². The van der Waals surface area contributed by atoms with Gasteiger partial charge < -0.3 is 20.5 Å². The van der Waals surface area contributed by atoms with Gasteiger partial charge in [0.1, 0.15) is 11.6 Å². The molecule has 1 aliphatic heterocycles. The van der Waals surface area contributed by atoms with Gasteiger partial charge >= 0.3 is 0 Å². The maximum absolute atomic E-state index is 11.8. The summed E-state index contributed by atoms with van der Waals surface area (Å²) in [5.74, 6) is 1.78. The number of hydrogen-bond acceptors (Lipinski definition) is 5. The number of anilines is 1. The van der Waals surface area contributed by atoms with Gasteiger partial charge in [-0.1, -0.05) is 13.8 Å². The van der Waals surface area contributed by atoms with Crippen LogP contribution in [-0.2, 0) is 0 Å². The van der Waals surface area contributed by atoms with Gasteiger partial charge in [-0.25, -0.2) is 4.98 Å². The second-order valence-corrected chi connectivity index (χ2v) is 5.61. The Labute approximate surface area is 120 Å². The summed E-state index contributed by atoms with van der Waals surface area (Å²) in [5, 5.41) is 0. The molecular weight excluding hydrogens is 254 g/mol. The Morgan fingerprint density at radius 3 is 2.85 bits per heavy atom. The third kappa shape index (κ3) is 3.80. The van der Waals surface area contributed by atoms with E-state index in [-0.39, 0.29) is 11.5 Å². The van der Waals surface area contributed by atoms with Crippen LogP contribution in [0.15, 0.2) is 10.9 Å². The monoisotopic (exact) mass is 279 g/mol. The first-order chi connectivity index (χ1) is 9.60. The van der Waals surface area contributed by atoms with Gasteiger partial charge in [-0.3, -0.25) is 4.79 Å². The standard InChI is InChI=1S/C14H25N5O/c1-11(2)14-16-12(10-13(20)17-14)19-6-3-5-18(7-4-15)8-9-19/h10-11H,3-9,15H2,1-2H3,(H,16,17,20). The fraction of sp³-hybridized carbons (Fsp3) is 0.714. The van der Waals surface area contributed by atoms with Gasteiger partial charge in [0.15, 0.2) is 0 Å². The van der Waals surface area contributed by atoms with Crippen LogP contribution in [0.4, 0.5) is 5.82 Å². The molecule has 1 saturated heterocycles. The minimum Gasteiger partial charge on any atom is -0.355 e. The Hall–Kier alpha value is -1.40. The topological polar surface area (TPSA) is 78.2 Å². The van der Waals surface area contributed by atoms with Gasteiger partial charge in [-0.2, -0.15) is 0 Å². The lowest BCUT2D eigenvalue weighted by Crippen LogP contribution is -2.34. The van der Waals surface area contributed by atoms with E-state index in [2.05, 4.69) is 19.8 Å². The predicted molar refractivity (Wildman–Crippen MR) is 81.3 cm³/mol. The molecule has 0 radical (unpaired) electrons. The molecule has 6 heteroatoms. The van der Waals surface area contributed by atoms with E-state index in [9.17, 15) is 4.79 Å². The molecule has 1 fully saturated rings. The zero-order valence-corrected chi connectivity index (χ0v) is 12.4. The lowest BCUT2D eigenvalue weighted by molar-refractivity contribution is 0.302. The molecule has 112 valence electrons. The molecule has 0 aliphatic carbocycles. The van der Waals surface area contributed by atoms with Crippen molar-refractivity contribution >= 4 is 5.82 Å². The average molecular weight is 279 g/mol. The van der Waals surface area contributed by atoms with Crippen molar-refractivity contribution in [3.8, 4) is 0 Å². The van der Waals surface area contributed by atoms with E-state index in [1.807, 2.05) is 13.8 Å². The number of H-pyrrole nitrogens is 1. The van der Waals surface area contributed by atoms with Gasteiger partial charge in [0.25, 0.3) is 5.56 Å². The van der Waals surface area contributed by atoms with Crippen molar-refractivity contribution in [2.45, 2.75) is 26.2 Å². The second kappa shape index (κ2) is 6.85. The molecule has 0 amide bonds. The van der Waals surface area contributed by atoms with Crippen LogP contribution in [0.2, 0.25) is 0 Å². The number of rotatable bonds is 4. The van der Waals surface area contributed by atoms with Crippen molar-refractivity contribution in [1.82, 2.24) is 14.9 Å².